The Hall–Kier alpha value is -2.08. The molecule has 0 saturated heterocycles. The molecule has 0 fully saturated rings. The molecule has 0 spiro atoms. The highest BCUT2D eigenvalue weighted by Crippen LogP contribution is 2.30. The second-order valence-corrected chi connectivity index (χ2v) is 8.63. The second kappa shape index (κ2) is 7.21. The van der Waals surface area contributed by atoms with E-state index < -0.39 is 9.84 Å². The van der Waals surface area contributed by atoms with E-state index in [1.807, 2.05) is 18.2 Å². The lowest BCUT2D eigenvalue weighted by Crippen LogP contribution is -2.17. The van der Waals surface area contributed by atoms with Gasteiger partial charge in [0.25, 0.3) is 0 Å². The molecule has 1 aromatic heterocycles. The summed E-state index contributed by atoms with van der Waals surface area (Å²) in [6.45, 7) is 7.28. The van der Waals surface area contributed by atoms with Crippen molar-refractivity contribution in [3.63, 3.8) is 0 Å². The molecule has 0 radical (unpaired) electrons. The summed E-state index contributed by atoms with van der Waals surface area (Å²) in [6.07, 6.45) is 2.73. The van der Waals surface area contributed by atoms with Gasteiger partial charge in [-0.3, -0.25) is 0 Å². The van der Waals surface area contributed by atoms with Crippen molar-refractivity contribution in [3.8, 4) is 5.75 Å². The monoisotopic (exact) mass is 348 g/mol. The van der Waals surface area contributed by atoms with Crippen LogP contribution in [0.4, 0.5) is 5.82 Å². The van der Waals surface area contributed by atoms with E-state index in [2.05, 4.69) is 37.1 Å². The summed E-state index contributed by atoms with van der Waals surface area (Å²) in [4.78, 5) is 4.30. The fourth-order valence-electron chi connectivity index (χ4n) is 2.37. The number of rotatable bonds is 6. The van der Waals surface area contributed by atoms with Crippen LogP contribution < -0.4 is 10.1 Å². The van der Waals surface area contributed by atoms with Crippen molar-refractivity contribution in [1.29, 1.82) is 0 Å². The van der Waals surface area contributed by atoms with Gasteiger partial charge in [-0.25, -0.2) is 13.4 Å². The van der Waals surface area contributed by atoms with Crippen LogP contribution in [0, 0.1) is 0 Å². The highest BCUT2D eigenvalue weighted by Gasteiger charge is 2.18. The topological polar surface area (TPSA) is 68.3 Å². The highest BCUT2D eigenvalue weighted by atomic mass is 32.2. The van der Waals surface area contributed by atoms with E-state index in [0.717, 1.165) is 11.3 Å². The van der Waals surface area contributed by atoms with E-state index >= 15 is 0 Å². The first-order valence-corrected chi connectivity index (χ1v) is 9.70. The summed E-state index contributed by atoms with van der Waals surface area (Å²) < 4.78 is 29.4. The Morgan fingerprint density at radius 3 is 2.50 bits per heavy atom. The van der Waals surface area contributed by atoms with Crippen LogP contribution in [0.25, 0.3) is 0 Å². The summed E-state index contributed by atoms with van der Waals surface area (Å²) >= 11 is 0. The van der Waals surface area contributed by atoms with E-state index in [9.17, 15) is 8.42 Å². The molecule has 0 unspecified atom stereocenters. The normalized spacial score (nSPS) is 12.0. The zero-order chi connectivity index (χ0) is 17.8. The average Bonchev–Trinajstić information content (AvgIpc) is 2.50. The number of nitrogens with one attached hydrogen (secondary N) is 1. The Kier molecular flexibility index (Phi) is 5.49. The fourth-order valence-corrected chi connectivity index (χ4v) is 3.17. The van der Waals surface area contributed by atoms with Gasteiger partial charge in [-0.05, 0) is 29.2 Å². The van der Waals surface area contributed by atoms with Crippen molar-refractivity contribution in [2.45, 2.75) is 31.1 Å². The molecule has 0 aliphatic carbocycles. The molecule has 0 amide bonds. The lowest BCUT2D eigenvalue weighted by molar-refractivity contribution is 0.323. The quantitative estimate of drug-likeness (QED) is 0.812. The smallest absolute Gasteiger partial charge is 0.179 e. The van der Waals surface area contributed by atoms with Gasteiger partial charge >= 0.3 is 0 Å². The lowest BCUT2D eigenvalue weighted by Gasteiger charge is -2.22. The summed E-state index contributed by atoms with van der Waals surface area (Å²) in [6, 6.07) is 11.1. The van der Waals surface area contributed by atoms with E-state index in [1.165, 1.54) is 6.26 Å². The molecule has 0 bridgehead atoms. The molecule has 1 heterocycles. The number of sulfone groups is 1. The fraction of sp³-hybridized carbons (Fsp3) is 0.389. The van der Waals surface area contributed by atoms with Gasteiger partial charge in [-0.1, -0.05) is 39.0 Å². The standard InChI is InChI=1S/C18H24N2O3S/c1-18(2,3)14-8-5-6-9-15(14)23-13-12-20-17-16(24(4,21)22)10-7-11-19-17/h5-11H,12-13H2,1-4H3,(H,19,20). The molecule has 0 atom stereocenters. The van der Waals surface area contributed by atoms with Gasteiger partial charge in [0.15, 0.2) is 9.84 Å². The first kappa shape index (κ1) is 18.3. The summed E-state index contributed by atoms with van der Waals surface area (Å²) in [5, 5.41) is 3.03. The lowest BCUT2D eigenvalue weighted by atomic mass is 9.86. The molecule has 0 aliphatic heterocycles. The van der Waals surface area contributed by atoms with Gasteiger partial charge in [0.1, 0.15) is 23.1 Å². The zero-order valence-corrected chi connectivity index (χ0v) is 15.4. The molecule has 0 aliphatic rings. The van der Waals surface area contributed by atoms with Gasteiger partial charge in [0.05, 0.1) is 6.54 Å². The van der Waals surface area contributed by atoms with E-state index in [0.29, 0.717) is 19.0 Å². The maximum Gasteiger partial charge on any atom is 0.179 e. The average molecular weight is 348 g/mol. The molecular formula is C18H24N2O3S. The van der Waals surface area contributed by atoms with Crippen molar-refractivity contribution in [2.24, 2.45) is 0 Å². The Morgan fingerprint density at radius 2 is 1.83 bits per heavy atom. The predicted molar refractivity (Wildman–Crippen MR) is 96.5 cm³/mol. The van der Waals surface area contributed by atoms with E-state index in [1.54, 1.807) is 18.3 Å². The molecule has 130 valence electrons. The maximum atomic E-state index is 11.8. The minimum absolute atomic E-state index is 0.00549. The highest BCUT2D eigenvalue weighted by molar-refractivity contribution is 7.90. The largest absolute Gasteiger partial charge is 0.491 e. The van der Waals surface area contributed by atoms with E-state index in [4.69, 9.17) is 4.74 Å². The van der Waals surface area contributed by atoms with Crippen LogP contribution >= 0.6 is 0 Å². The van der Waals surface area contributed by atoms with Crippen molar-refractivity contribution in [1.82, 2.24) is 4.98 Å². The SMILES string of the molecule is CC(C)(C)c1ccccc1OCCNc1ncccc1S(C)(=O)=O. The van der Waals surface area contributed by atoms with Gasteiger partial charge < -0.3 is 10.1 Å². The Morgan fingerprint density at radius 1 is 1.12 bits per heavy atom. The molecule has 1 N–H and O–H groups in total. The molecular weight excluding hydrogens is 324 g/mol. The third kappa shape index (κ3) is 4.71. The molecule has 24 heavy (non-hydrogen) atoms. The number of anilines is 1. The minimum atomic E-state index is -3.31. The predicted octanol–water partition coefficient (Wildman–Crippen LogP) is 3.27. The van der Waals surface area contributed by atoms with Gasteiger partial charge in [0, 0.05) is 12.5 Å². The molecule has 2 rings (SSSR count). The first-order chi connectivity index (χ1) is 11.2. The van der Waals surface area contributed by atoms with Gasteiger partial charge in [-0.2, -0.15) is 0 Å². The number of ether oxygens (including phenoxy) is 1. The van der Waals surface area contributed by atoms with Crippen LogP contribution in [-0.2, 0) is 15.3 Å². The molecule has 2 aromatic rings. The van der Waals surface area contributed by atoms with Crippen LogP contribution in [0.15, 0.2) is 47.5 Å². The van der Waals surface area contributed by atoms with Crippen LogP contribution in [0.3, 0.4) is 0 Å². The summed E-state index contributed by atoms with van der Waals surface area (Å²) in [5.74, 6) is 1.20. The number of pyridine rings is 1. The number of aromatic nitrogens is 1. The molecule has 1 aromatic carbocycles. The number of hydrogen-bond donors (Lipinski definition) is 1. The van der Waals surface area contributed by atoms with Crippen molar-refractivity contribution in [3.05, 3.63) is 48.2 Å². The first-order valence-electron chi connectivity index (χ1n) is 7.81. The van der Waals surface area contributed by atoms with Gasteiger partial charge in [0.2, 0.25) is 0 Å². The molecule has 6 heteroatoms. The zero-order valence-electron chi connectivity index (χ0n) is 14.5. The van der Waals surface area contributed by atoms with Crippen LogP contribution in [-0.4, -0.2) is 32.8 Å². The Labute approximate surface area is 144 Å². The van der Waals surface area contributed by atoms with E-state index in [-0.39, 0.29) is 10.3 Å². The number of hydrogen-bond acceptors (Lipinski definition) is 5. The summed E-state index contributed by atoms with van der Waals surface area (Å²) in [7, 11) is -3.31. The van der Waals surface area contributed by atoms with Crippen LogP contribution in [0.5, 0.6) is 5.75 Å². The molecule has 0 saturated carbocycles. The van der Waals surface area contributed by atoms with Gasteiger partial charge in [-0.15, -0.1) is 0 Å². The molecule has 5 nitrogen and oxygen atoms in total. The van der Waals surface area contributed by atoms with Crippen LogP contribution in [0.2, 0.25) is 0 Å². The van der Waals surface area contributed by atoms with Crippen molar-refractivity contribution in [2.75, 3.05) is 24.7 Å². The number of para-hydroxylation sites is 1. The number of nitrogens with zero attached hydrogens (tertiary/aromatic N) is 1. The third-order valence-electron chi connectivity index (χ3n) is 3.52. The van der Waals surface area contributed by atoms with Crippen molar-refractivity contribution < 1.29 is 13.2 Å². The third-order valence-corrected chi connectivity index (χ3v) is 4.65. The second-order valence-electron chi connectivity index (χ2n) is 6.64. The Bertz CT molecular complexity index is 796. The van der Waals surface area contributed by atoms with Crippen molar-refractivity contribution >= 4 is 15.7 Å². The maximum absolute atomic E-state index is 11.8. The van der Waals surface area contributed by atoms with Crippen LogP contribution in [0.1, 0.15) is 26.3 Å². The number of benzene rings is 1. The Balaban J connectivity index is 2.01. The summed E-state index contributed by atoms with van der Waals surface area (Å²) in [5.41, 5.74) is 1.13. The minimum Gasteiger partial charge on any atom is -0.491 e.